The van der Waals surface area contributed by atoms with Gasteiger partial charge in [0.2, 0.25) is 0 Å². The van der Waals surface area contributed by atoms with Crippen LogP contribution in [0.1, 0.15) is 15.9 Å². The minimum atomic E-state index is -0.924. The molecule has 4 rings (SSSR count). The van der Waals surface area contributed by atoms with Gasteiger partial charge in [-0.2, -0.15) is 0 Å². The Balaban J connectivity index is 1.50. The van der Waals surface area contributed by atoms with Gasteiger partial charge in [0.05, 0.1) is 17.3 Å². The molecule has 0 amide bonds. The molecular weight excluding hydrogens is 330 g/mol. The van der Waals surface area contributed by atoms with E-state index in [9.17, 15) is 9.90 Å². The normalized spacial score (nSPS) is 15.3. The van der Waals surface area contributed by atoms with E-state index in [1.807, 2.05) is 12.1 Å². The zero-order chi connectivity index (χ0) is 17.9. The Morgan fingerprint density at radius 3 is 2.62 bits per heavy atom. The third-order valence-corrected chi connectivity index (χ3v) is 4.72. The molecule has 7 heteroatoms. The summed E-state index contributed by atoms with van der Waals surface area (Å²) in [6.45, 7) is 4.34. The third-order valence-electron chi connectivity index (χ3n) is 4.72. The summed E-state index contributed by atoms with van der Waals surface area (Å²) >= 11 is 0. The first kappa shape index (κ1) is 16.4. The molecule has 26 heavy (non-hydrogen) atoms. The topological polar surface area (TPSA) is 82.5 Å². The van der Waals surface area contributed by atoms with Gasteiger partial charge in [-0.05, 0) is 17.7 Å². The summed E-state index contributed by atoms with van der Waals surface area (Å²) < 4.78 is 0. The largest absolute Gasteiger partial charge is 0.478 e. The Kier molecular flexibility index (Phi) is 4.45. The van der Waals surface area contributed by atoms with Gasteiger partial charge in [0.15, 0.2) is 0 Å². The Morgan fingerprint density at radius 1 is 1.04 bits per heavy atom. The number of nitrogens with zero attached hydrogens (tertiary/aromatic N) is 5. The van der Waals surface area contributed by atoms with Gasteiger partial charge in [0, 0.05) is 56.7 Å². The summed E-state index contributed by atoms with van der Waals surface area (Å²) in [6, 6.07) is 7.16. The van der Waals surface area contributed by atoms with Crippen LogP contribution in [0.25, 0.3) is 10.9 Å². The Morgan fingerprint density at radius 2 is 1.88 bits per heavy atom. The molecule has 2 aromatic heterocycles. The van der Waals surface area contributed by atoms with Crippen LogP contribution >= 0.6 is 0 Å². The highest BCUT2D eigenvalue weighted by Crippen LogP contribution is 2.23. The highest BCUT2D eigenvalue weighted by atomic mass is 16.4. The van der Waals surface area contributed by atoms with Gasteiger partial charge < -0.3 is 10.0 Å². The third kappa shape index (κ3) is 3.21. The average molecular weight is 349 g/mol. The molecule has 7 nitrogen and oxygen atoms in total. The summed E-state index contributed by atoms with van der Waals surface area (Å²) in [5, 5.41) is 10.1. The zero-order valence-electron chi connectivity index (χ0n) is 14.2. The lowest BCUT2D eigenvalue weighted by atomic mass is 10.0. The van der Waals surface area contributed by atoms with Crippen LogP contribution < -0.4 is 4.90 Å². The van der Waals surface area contributed by atoms with Gasteiger partial charge in [0.1, 0.15) is 5.82 Å². The molecule has 3 heterocycles. The highest BCUT2D eigenvalue weighted by molar-refractivity contribution is 6.03. The van der Waals surface area contributed by atoms with Crippen molar-refractivity contribution in [2.24, 2.45) is 0 Å². The smallest absolute Gasteiger partial charge is 0.336 e. The number of aromatic carboxylic acids is 1. The van der Waals surface area contributed by atoms with E-state index in [1.165, 1.54) is 0 Å². The molecule has 3 aromatic rings. The lowest BCUT2D eigenvalue weighted by Crippen LogP contribution is -2.46. The number of aromatic nitrogens is 3. The maximum Gasteiger partial charge on any atom is 0.336 e. The summed E-state index contributed by atoms with van der Waals surface area (Å²) in [6.07, 6.45) is 6.89. The fraction of sp³-hybridized carbons (Fsp3) is 0.263. The molecule has 1 aliphatic heterocycles. The van der Waals surface area contributed by atoms with Crippen molar-refractivity contribution in [1.29, 1.82) is 0 Å². The predicted octanol–water partition coefficient (Wildman–Crippen LogP) is 2.05. The second-order valence-corrected chi connectivity index (χ2v) is 6.30. The minimum absolute atomic E-state index is 0.296. The van der Waals surface area contributed by atoms with E-state index in [4.69, 9.17) is 0 Å². The van der Waals surface area contributed by atoms with E-state index in [0.717, 1.165) is 49.6 Å². The first-order chi connectivity index (χ1) is 12.7. The summed E-state index contributed by atoms with van der Waals surface area (Å²) in [5.41, 5.74) is 2.12. The van der Waals surface area contributed by atoms with Crippen molar-refractivity contribution in [1.82, 2.24) is 19.9 Å². The van der Waals surface area contributed by atoms with Crippen molar-refractivity contribution in [3.05, 3.63) is 60.2 Å². The molecule has 132 valence electrons. The van der Waals surface area contributed by atoms with Crippen molar-refractivity contribution < 1.29 is 9.90 Å². The number of benzene rings is 1. The van der Waals surface area contributed by atoms with Gasteiger partial charge in [-0.15, -0.1) is 0 Å². The van der Waals surface area contributed by atoms with Crippen LogP contribution in [0.4, 0.5) is 5.82 Å². The number of carbonyl (C=O) groups is 1. The van der Waals surface area contributed by atoms with Crippen molar-refractivity contribution in [2.75, 3.05) is 31.1 Å². The number of carboxylic acid groups (broad SMARTS) is 1. The van der Waals surface area contributed by atoms with Crippen LogP contribution in [0.2, 0.25) is 0 Å². The second-order valence-electron chi connectivity index (χ2n) is 6.30. The molecule has 1 fully saturated rings. The number of pyridine rings is 1. The van der Waals surface area contributed by atoms with E-state index >= 15 is 0 Å². The number of fused-ring (bicyclic) bond motifs is 1. The molecule has 0 saturated carbocycles. The number of hydrogen-bond donors (Lipinski definition) is 1. The van der Waals surface area contributed by atoms with Crippen LogP contribution in [-0.2, 0) is 6.54 Å². The Hall–Kier alpha value is -3.06. The molecular formula is C19H19N5O2. The Labute approximate surface area is 150 Å². The molecule has 0 unspecified atom stereocenters. The van der Waals surface area contributed by atoms with Crippen molar-refractivity contribution in [3.8, 4) is 0 Å². The molecule has 0 spiro atoms. The van der Waals surface area contributed by atoms with Crippen LogP contribution in [0.5, 0.6) is 0 Å². The fourth-order valence-electron chi connectivity index (χ4n) is 3.38. The van der Waals surface area contributed by atoms with E-state index in [2.05, 4.69) is 24.8 Å². The predicted molar refractivity (Wildman–Crippen MR) is 98.2 cm³/mol. The average Bonchev–Trinajstić information content (AvgIpc) is 2.69. The Bertz CT molecular complexity index is 924. The van der Waals surface area contributed by atoms with Crippen LogP contribution in [-0.4, -0.2) is 57.1 Å². The molecule has 0 radical (unpaired) electrons. The first-order valence-electron chi connectivity index (χ1n) is 8.55. The minimum Gasteiger partial charge on any atom is -0.478 e. The summed E-state index contributed by atoms with van der Waals surface area (Å²) in [7, 11) is 0. The number of rotatable bonds is 4. The zero-order valence-corrected chi connectivity index (χ0v) is 14.2. The monoisotopic (exact) mass is 349 g/mol. The highest BCUT2D eigenvalue weighted by Gasteiger charge is 2.20. The van der Waals surface area contributed by atoms with Crippen LogP contribution in [0.3, 0.4) is 0 Å². The number of anilines is 1. The van der Waals surface area contributed by atoms with Gasteiger partial charge >= 0.3 is 5.97 Å². The SMILES string of the molecule is O=C(O)c1ccc(CN2CCN(c3cnccn3)CC2)c2ncccc12. The molecule has 0 aliphatic carbocycles. The van der Waals surface area contributed by atoms with E-state index < -0.39 is 5.97 Å². The molecule has 1 N–H and O–H groups in total. The molecule has 0 bridgehead atoms. The lowest BCUT2D eigenvalue weighted by Gasteiger charge is -2.35. The second kappa shape index (κ2) is 7.05. The number of carboxylic acids is 1. The fourth-order valence-corrected chi connectivity index (χ4v) is 3.38. The van der Waals surface area contributed by atoms with Gasteiger partial charge in [-0.25, -0.2) is 9.78 Å². The van der Waals surface area contributed by atoms with Crippen molar-refractivity contribution in [2.45, 2.75) is 6.54 Å². The molecule has 1 saturated heterocycles. The van der Waals surface area contributed by atoms with Gasteiger partial charge in [-0.1, -0.05) is 12.1 Å². The summed E-state index contributed by atoms with van der Waals surface area (Å²) in [5.74, 6) is -0.0165. The summed E-state index contributed by atoms with van der Waals surface area (Å²) in [4.78, 5) is 28.9. The quantitative estimate of drug-likeness (QED) is 0.772. The van der Waals surface area contributed by atoms with E-state index in [1.54, 1.807) is 36.9 Å². The maximum atomic E-state index is 11.4. The molecule has 1 aromatic carbocycles. The standard InChI is InChI=1S/C19H19N5O2/c25-19(26)16-4-3-14(18-15(16)2-1-5-22-18)13-23-8-10-24(11-9-23)17-12-20-6-7-21-17/h1-7,12H,8-11,13H2,(H,25,26). The van der Waals surface area contributed by atoms with Gasteiger partial charge in [0.25, 0.3) is 0 Å². The van der Waals surface area contributed by atoms with Crippen molar-refractivity contribution in [3.63, 3.8) is 0 Å². The van der Waals surface area contributed by atoms with Crippen LogP contribution in [0.15, 0.2) is 49.1 Å². The van der Waals surface area contributed by atoms with E-state index in [0.29, 0.717) is 10.9 Å². The number of piperazine rings is 1. The molecule has 0 atom stereocenters. The molecule has 1 aliphatic rings. The maximum absolute atomic E-state index is 11.4. The van der Waals surface area contributed by atoms with Crippen LogP contribution in [0, 0.1) is 0 Å². The first-order valence-corrected chi connectivity index (χ1v) is 8.55. The number of hydrogen-bond acceptors (Lipinski definition) is 6. The lowest BCUT2D eigenvalue weighted by molar-refractivity contribution is 0.0699. The van der Waals surface area contributed by atoms with E-state index in [-0.39, 0.29) is 0 Å². The van der Waals surface area contributed by atoms with Crippen molar-refractivity contribution >= 4 is 22.7 Å². The van der Waals surface area contributed by atoms with Gasteiger partial charge in [-0.3, -0.25) is 14.9 Å².